The van der Waals surface area contributed by atoms with Crippen LogP contribution in [0.25, 0.3) is 0 Å². The van der Waals surface area contributed by atoms with E-state index in [1.54, 1.807) is 0 Å². The highest BCUT2D eigenvalue weighted by atomic mass is 19.2. The van der Waals surface area contributed by atoms with E-state index >= 15 is 0 Å². The lowest BCUT2D eigenvalue weighted by atomic mass is 9.89. The zero-order chi connectivity index (χ0) is 15.3. The average Bonchev–Trinajstić information content (AvgIpc) is 2.30. The van der Waals surface area contributed by atoms with Crippen molar-refractivity contribution in [3.05, 3.63) is 35.4 Å². The number of aliphatic hydroxyl groups excluding tert-OH is 1. The monoisotopic (exact) mass is 285 g/mol. The Morgan fingerprint density at radius 2 is 2.00 bits per heavy atom. The molecule has 0 saturated heterocycles. The highest BCUT2D eigenvalue weighted by Crippen LogP contribution is 2.20. The molecule has 1 atom stereocenters. The lowest BCUT2D eigenvalue weighted by Crippen LogP contribution is -2.35. The molecule has 3 nitrogen and oxygen atoms in total. The van der Waals surface area contributed by atoms with Crippen molar-refractivity contribution in [1.29, 1.82) is 0 Å². The summed E-state index contributed by atoms with van der Waals surface area (Å²) in [4.78, 5) is 11.6. The number of carbonyl (C=O) groups is 1. The molecule has 5 heteroatoms. The van der Waals surface area contributed by atoms with Crippen LogP contribution < -0.4 is 5.32 Å². The fraction of sp³-hybridized carbons (Fsp3) is 0.533. The zero-order valence-electron chi connectivity index (χ0n) is 12.0. The van der Waals surface area contributed by atoms with Crippen LogP contribution in [0.15, 0.2) is 18.2 Å². The highest BCUT2D eigenvalue weighted by Gasteiger charge is 2.18. The molecule has 1 amide bonds. The van der Waals surface area contributed by atoms with E-state index in [1.807, 2.05) is 20.8 Å². The first-order valence-electron chi connectivity index (χ1n) is 6.57. The molecule has 0 aliphatic rings. The summed E-state index contributed by atoms with van der Waals surface area (Å²) in [5.74, 6) is -2.41. The first-order chi connectivity index (χ1) is 9.19. The molecule has 0 heterocycles. The van der Waals surface area contributed by atoms with Crippen molar-refractivity contribution in [3.8, 4) is 0 Å². The molecule has 0 bridgehead atoms. The molecule has 0 aliphatic carbocycles. The lowest BCUT2D eigenvalue weighted by Gasteiger charge is -2.22. The van der Waals surface area contributed by atoms with Gasteiger partial charge in [-0.3, -0.25) is 4.79 Å². The molecule has 112 valence electrons. The second-order valence-corrected chi connectivity index (χ2v) is 6.11. The summed E-state index contributed by atoms with van der Waals surface area (Å²) >= 11 is 0. The summed E-state index contributed by atoms with van der Waals surface area (Å²) in [6.07, 6.45) is -0.357. The Labute approximate surface area is 118 Å². The van der Waals surface area contributed by atoms with E-state index in [0.717, 1.165) is 6.07 Å². The second kappa shape index (κ2) is 6.79. The van der Waals surface area contributed by atoms with Gasteiger partial charge in [-0.05, 0) is 17.9 Å². The molecule has 1 rings (SSSR count). The number of carbonyl (C=O) groups excluding carboxylic acids is 1. The molecule has 1 aromatic rings. The van der Waals surface area contributed by atoms with Crippen LogP contribution in [0.2, 0.25) is 0 Å². The van der Waals surface area contributed by atoms with E-state index in [0.29, 0.717) is 6.42 Å². The predicted octanol–water partition coefficient (Wildman–Crippen LogP) is 2.42. The highest BCUT2D eigenvalue weighted by molar-refractivity contribution is 5.78. The van der Waals surface area contributed by atoms with Gasteiger partial charge in [-0.25, -0.2) is 8.78 Å². The van der Waals surface area contributed by atoms with Crippen LogP contribution in [0.3, 0.4) is 0 Å². The number of aliphatic hydroxyl groups is 1. The average molecular weight is 285 g/mol. The summed E-state index contributed by atoms with van der Waals surface area (Å²) in [5.41, 5.74) is -0.0356. The summed E-state index contributed by atoms with van der Waals surface area (Å²) in [6.45, 7) is 6.06. The Morgan fingerprint density at radius 1 is 1.35 bits per heavy atom. The van der Waals surface area contributed by atoms with Gasteiger partial charge in [-0.15, -0.1) is 0 Å². The van der Waals surface area contributed by atoms with Gasteiger partial charge in [0, 0.05) is 12.1 Å². The molecule has 0 spiro atoms. The molecular formula is C15H21F2NO2. The number of hydrogen-bond acceptors (Lipinski definition) is 2. The van der Waals surface area contributed by atoms with Crippen molar-refractivity contribution in [2.45, 2.75) is 39.7 Å². The minimum absolute atomic E-state index is 0.00723. The maximum atomic E-state index is 13.4. The van der Waals surface area contributed by atoms with E-state index in [9.17, 15) is 18.7 Å². The minimum atomic E-state index is -1.00. The third-order valence-corrected chi connectivity index (χ3v) is 2.77. The van der Waals surface area contributed by atoms with Crippen molar-refractivity contribution in [2.24, 2.45) is 5.41 Å². The van der Waals surface area contributed by atoms with E-state index < -0.39 is 23.6 Å². The molecule has 0 aromatic heterocycles. The van der Waals surface area contributed by atoms with Crippen LogP contribution >= 0.6 is 0 Å². The second-order valence-electron chi connectivity index (χ2n) is 6.11. The van der Waals surface area contributed by atoms with Gasteiger partial charge in [-0.2, -0.15) is 0 Å². The Morgan fingerprint density at radius 3 is 2.60 bits per heavy atom. The Hall–Kier alpha value is -1.49. The number of benzene rings is 1. The number of amides is 1. The summed E-state index contributed by atoms with van der Waals surface area (Å²) in [5, 5.41) is 12.3. The number of nitrogens with one attached hydrogen (secondary N) is 1. The molecule has 1 aromatic carbocycles. The molecule has 20 heavy (non-hydrogen) atoms. The molecular weight excluding hydrogens is 264 g/mol. The summed E-state index contributed by atoms with van der Waals surface area (Å²) in [7, 11) is 0. The molecule has 0 fully saturated rings. The number of halogens is 2. The maximum Gasteiger partial charge on any atom is 0.224 e. The van der Waals surface area contributed by atoms with Crippen LogP contribution in [0.5, 0.6) is 0 Å². The third-order valence-electron chi connectivity index (χ3n) is 2.77. The van der Waals surface area contributed by atoms with Gasteiger partial charge in [0.2, 0.25) is 5.91 Å². The maximum absolute atomic E-state index is 13.4. The summed E-state index contributed by atoms with van der Waals surface area (Å²) < 4.78 is 26.4. The van der Waals surface area contributed by atoms with Crippen LogP contribution in [-0.2, 0) is 11.2 Å². The van der Waals surface area contributed by atoms with Crippen molar-refractivity contribution in [2.75, 3.05) is 6.54 Å². The van der Waals surface area contributed by atoms with Gasteiger partial charge in [0.05, 0.1) is 12.5 Å². The van der Waals surface area contributed by atoms with E-state index in [2.05, 4.69) is 5.32 Å². The topological polar surface area (TPSA) is 49.3 Å². The molecule has 2 N–H and O–H groups in total. The SMILES string of the molecule is CC(C)(C)CC(O)CNC(=O)Cc1cccc(F)c1F. The smallest absolute Gasteiger partial charge is 0.224 e. The van der Waals surface area contributed by atoms with Crippen molar-refractivity contribution in [1.82, 2.24) is 5.32 Å². The molecule has 0 aliphatic heterocycles. The fourth-order valence-electron chi connectivity index (χ4n) is 1.93. The van der Waals surface area contributed by atoms with E-state index in [1.165, 1.54) is 12.1 Å². The van der Waals surface area contributed by atoms with Crippen molar-refractivity contribution in [3.63, 3.8) is 0 Å². The van der Waals surface area contributed by atoms with E-state index in [4.69, 9.17) is 0 Å². The Bertz CT molecular complexity index is 469. The molecule has 0 radical (unpaired) electrons. The number of rotatable bonds is 5. The van der Waals surface area contributed by atoms with E-state index in [-0.39, 0.29) is 23.9 Å². The van der Waals surface area contributed by atoms with Gasteiger partial charge in [0.25, 0.3) is 0 Å². The molecule has 1 unspecified atom stereocenters. The largest absolute Gasteiger partial charge is 0.391 e. The minimum Gasteiger partial charge on any atom is -0.391 e. The zero-order valence-corrected chi connectivity index (χ0v) is 12.0. The summed E-state index contributed by atoms with van der Waals surface area (Å²) in [6, 6.07) is 3.73. The Kier molecular flexibility index (Phi) is 5.62. The number of hydrogen-bond donors (Lipinski definition) is 2. The van der Waals surface area contributed by atoms with Gasteiger partial charge in [0.15, 0.2) is 11.6 Å². The standard InChI is InChI=1S/C15H21F2NO2/c1-15(2,3)8-11(19)9-18-13(20)7-10-5-4-6-12(16)14(10)17/h4-6,11,19H,7-9H2,1-3H3,(H,18,20). The third kappa shape index (κ3) is 5.65. The van der Waals surface area contributed by atoms with Gasteiger partial charge in [0.1, 0.15) is 0 Å². The van der Waals surface area contributed by atoms with Gasteiger partial charge < -0.3 is 10.4 Å². The fourth-order valence-corrected chi connectivity index (χ4v) is 1.93. The lowest BCUT2D eigenvalue weighted by molar-refractivity contribution is -0.121. The molecule has 0 saturated carbocycles. The van der Waals surface area contributed by atoms with Crippen LogP contribution in [0.1, 0.15) is 32.8 Å². The Balaban J connectivity index is 2.46. The van der Waals surface area contributed by atoms with Crippen molar-refractivity contribution < 1.29 is 18.7 Å². The van der Waals surface area contributed by atoms with Crippen LogP contribution in [0.4, 0.5) is 8.78 Å². The van der Waals surface area contributed by atoms with Crippen LogP contribution in [0, 0.1) is 17.0 Å². The van der Waals surface area contributed by atoms with Gasteiger partial charge in [-0.1, -0.05) is 32.9 Å². The first-order valence-corrected chi connectivity index (χ1v) is 6.57. The first kappa shape index (κ1) is 16.6. The normalized spacial score (nSPS) is 13.1. The van der Waals surface area contributed by atoms with Crippen molar-refractivity contribution >= 4 is 5.91 Å². The van der Waals surface area contributed by atoms with Crippen LogP contribution in [-0.4, -0.2) is 23.7 Å². The quantitative estimate of drug-likeness (QED) is 0.873. The predicted molar refractivity (Wildman–Crippen MR) is 73.2 cm³/mol. The van der Waals surface area contributed by atoms with Gasteiger partial charge >= 0.3 is 0 Å².